The predicted octanol–water partition coefficient (Wildman–Crippen LogP) is 12.6. The van der Waals surface area contributed by atoms with Crippen LogP contribution in [0.1, 0.15) is 213 Å². The molecule has 0 aromatic rings. The smallest absolute Gasteiger partial charge is 0.306 e. The van der Waals surface area contributed by atoms with Crippen LogP contribution in [0.15, 0.2) is 60.8 Å². The van der Waals surface area contributed by atoms with Crippen molar-refractivity contribution in [1.82, 2.24) is 0 Å². The van der Waals surface area contributed by atoms with Gasteiger partial charge >= 0.3 is 5.97 Å². The lowest BCUT2D eigenvalue weighted by Gasteiger charge is -2.39. The van der Waals surface area contributed by atoms with E-state index in [1.165, 1.54) is 109 Å². The molecule has 0 saturated carbocycles. The molecule has 1 aliphatic rings. The number of aliphatic hydroxyl groups is 4. The van der Waals surface area contributed by atoms with Gasteiger partial charge in [-0.3, -0.25) is 4.79 Å². The number of ether oxygens (including phenoxy) is 4. The first-order valence-corrected chi connectivity index (χ1v) is 25.9. The van der Waals surface area contributed by atoms with Crippen LogP contribution in [0.3, 0.4) is 0 Å². The molecule has 9 nitrogen and oxygen atoms in total. The SMILES string of the molecule is CC/C=C\C/C=C\C/C=C\C/C=C\C/C=C\CCCCCCOCC(COC1OC(CO)C(O)C(O)C1O)OC(=O)CCCCCCCCCCCCCCCCCCCCCC. The lowest BCUT2D eigenvalue weighted by Crippen LogP contribution is -2.59. The van der Waals surface area contributed by atoms with E-state index >= 15 is 0 Å². The molecular formula is C54H96O9. The Morgan fingerprint density at radius 3 is 1.46 bits per heavy atom. The second kappa shape index (κ2) is 45.1. The molecule has 6 unspecified atom stereocenters. The lowest BCUT2D eigenvalue weighted by molar-refractivity contribution is -0.305. The predicted molar refractivity (Wildman–Crippen MR) is 261 cm³/mol. The fraction of sp³-hybridized carbons (Fsp3) is 0.796. The van der Waals surface area contributed by atoms with Crippen LogP contribution in [0, 0.1) is 0 Å². The molecule has 9 heteroatoms. The van der Waals surface area contributed by atoms with Gasteiger partial charge in [0.15, 0.2) is 6.29 Å². The molecule has 0 aromatic heterocycles. The van der Waals surface area contributed by atoms with Crippen LogP contribution >= 0.6 is 0 Å². The summed E-state index contributed by atoms with van der Waals surface area (Å²) in [6.07, 6.45) is 51.1. The van der Waals surface area contributed by atoms with Gasteiger partial charge in [0.05, 0.1) is 19.8 Å². The van der Waals surface area contributed by atoms with E-state index in [-0.39, 0.29) is 19.2 Å². The standard InChI is InChI=1S/C54H96O9/c1-3-5-7-9-11-13-15-17-19-21-23-25-27-29-31-33-35-37-39-41-43-50(56)62-48(47-61-54-53(59)52(58)51(57)49(45-55)63-54)46-60-44-42-40-38-36-34-32-30-28-26-24-22-20-18-16-14-12-10-8-6-4-2/h6,8,12,14,18,20,24,26,30,32,48-49,51-55,57-59H,3-5,7,9-11,13,15-17,19,21-23,25,27-29,31,33-47H2,1-2H3/b8-6-,14-12-,20-18-,26-24-,32-30-. The van der Waals surface area contributed by atoms with Gasteiger partial charge in [0.2, 0.25) is 0 Å². The summed E-state index contributed by atoms with van der Waals surface area (Å²) in [4.78, 5) is 12.8. The first-order valence-electron chi connectivity index (χ1n) is 25.9. The summed E-state index contributed by atoms with van der Waals surface area (Å²) < 4.78 is 22.9. The van der Waals surface area contributed by atoms with E-state index in [4.69, 9.17) is 18.9 Å². The molecule has 1 aliphatic heterocycles. The number of aliphatic hydroxyl groups excluding tert-OH is 4. The fourth-order valence-electron chi connectivity index (χ4n) is 7.70. The number of carbonyl (C=O) groups is 1. The Morgan fingerprint density at radius 2 is 0.968 bits per heavy atom. The van der Waals surface area contributed by atoms with Crippen molar-refractivity contribution in [2.45, 2.75) is 250 Å². The van der Waals surface area contributed by atoms with E-state index in [9.17, 15) is 25.2 Å². The average Bonchev–Trinajstić information content (AvgIpc) is 3.28. The zero-order valence-electron chi connectivity index (χ0n) is 40.3. The second-order valence-electron chi connectivity index (χ2n) is 17.6. The van der Waals surface area contributed by atoms with E-state index in [0.29, 0.717) is 13.0 Å². The van der Waals surface area contributed by atoms with Crippen molar-refractivity contribution < 1.29 is 44.2 Å². The average molecular weight is 889 g/mol. The van der Waals surface area contributed by atoms with Gasteiger partial charge in [-0.2, -0.15) is 0 Å². The van der Waals surface area contributed by atoms with Gasteiger partial charge in [0.25, 0.3) is 0 Å². The molecule has 0 amide bonds. The maximum absolute atomic E-state index is 12.8. The second-order valence-corrected chi connectivity index (χ2v) is 17.6. The third-order valence-electron chi connectivity index (χ3n) is 11.7. The van der Waals surface area contributed by atoms with E-state index in [0.717, 1.165) is 83.5 Å². The quantitative estimate of drug-likeness (QED) is 0.0268. The third-order valence-corrected chi connectivity index (χ3v) is 11.7. The minimum atomic E-state index is -1.54. The Balaban J connectivity index is 2.23. The van der Waals surface area contributed by atoms with Crippen molar-refractivity contribution in [1.29, 1.82) is 0 Å². The Hall–Kier alpha value is -2.11. The van der Waals surface area contributed by atoms with Crippen LogP contribution in [0.5, 0.6) is 0 Å². The molecule has 1 fully saturated rings. The van der Waals surface area contributed by atoms with Crippen molar-refractivity contribution in [2.75, 3.05) is 26.4 Å². The molecular weight excluding hydrogens is 793 g/mol. The first-order chi connectivity index (χ1) is 30.9. The van der Waals surface area contributed by atoms with E-state index in [1.807, 2.05) is 0 Å². The molecule has 0 spiro atoms. The van der Waals surface area contributed by atoms with Crippen LogP contribution in [-0.2, 0) is 23.7 Å². The maximum atomic E-state index is 12.8. The minimum absolute atomic E-state index is 0.124. The number of hydrogen-bond donors (Lipinski definition) is 4. The number of carbonyl (C=O) groups excluding carboxylic acids is 1. The van der Waals surface area contributed by atoms with Crippen molar-refractivity contribution in [3.63, 3.8) is 0 Å². The third kappa shape index (κ3) is 35.8. The molecule has 63 heavy (non-hydrogen) atoms. The Labute approximate surface area is 385 Å². The Bertz CT molecular complexity index is 1150. The van der Waals surface area contributed by atoms with Crippen molar-refractivity contribution in [2.24, 2.45) is 0 Å². The monoisotopic (exact) mass is 889 g/mol. The topological polar surface area (TPSA) is 135 Å². The van der Waals surface area contributed by atoms with Crippen LogP contribution in [0.25, 0.3) is 0 Å². The van der Waals surface area contributed by atoms with Gasteiger partial charge in [0.1, 0.15) is 30.5 Å². The zero-order valence-corrected chi connectivity index (χ0v) is 40.3. The maximum Gasteiger partial charge on any atom is 0.306 e. The first kappa shape index (κ1) is 58.9. The molecule has 0 aliphatic carbocycles. The zero-order chi connectivity index (χ0) is 45.7. The summed E-state index contributed by atoms with van der Waals surface area (Å²) in [7, 11) is 0. The number of esters is 1. The minimum Gasteiger partial charge on any atom is -0.457 e. The highest BCUT2D eigenvalue weighted by atomic mass is 16.7. The highest BCUT2D eigenvalue weighted by Gasteiger charge is 2.44. The summed E-state index contributed by atoms with van der Waals surface area (Å²) in [6, 6.07) is 0. The van der Waals surface area contributed by atoms with E-state index in [1.54, 1.807) is 0 Å². The largest absolute Gasteiger partial charge is 0.457 e. The van der Waals surface area contributed by atoms with E-state index < -0.39 is 43.4 Å². The molecule has 1 rings (SSSR count). The molecule has 1 heterocycles. The number of allylic oxidation sites excluding steroid dienone is 10. The highest BCUT2D eigenvalue weighted by molar-refractivity contribution is 5.69. The van der Waals surface area contributed by atoms with Gasteiger partial charge < -0.3 is 39.4 Å². The van der Waals surface area contributed by atoms with Gasteiger partial charge in [0, 0.05) is 13.0 Å². The summed E-state index contributed by atoms with van der Waals surface area (Å²) >= 11 is 0. The summed E-state index contributed by atoms with van der Waals surface area (Å²) in [5.74, 6) is -0.321. The van der Waals surface area contributed by atoms with Crippen LogP contribution in [0.2, 0.25) is 0 Å². The molecule has 366 valence electrons. The van der Waals surface area contributed by atoms with Crippen LogP contribution in [-0.4, -0.2) is 89.6 Å². The molecule has 0 bridgehead atoms. The van der Waals surface area contributed by atoms with Crippen molar-refractivity contribution in [3.05, 3.63) is 60.8 Å². The molecule has 1 saturated heterocycles. The fourth-order valence-corrected chi connectivity index (χ4v) is 7.70. The van der Waals surface area contributed by atoms with Gasteiger partial charge in [-0.05, 0) is 57.8 Å². The number of hydrogen-bond acceptors (Lipinski definition) is 9. The molecule has 0 aromatic carbocycles. The van der Waals surface area contributed by atoms with Crippen LogP contribution in [0.4, 0.5) is 0 Å². The lowest BCUT2D eigenvalue weighted by atomic mass is 9.99. The summed E-state index contributed by atoms with van der Waals surface area (Å²) in [5, 5.41) is 40.2. The number of unbranched alkanes of at least 4 members (excludes halogenated alkanes) is 23. The Kier molecular flexibility index (Phi) is 42.1. The van der Waals surface area contributed by atoms with Crippen molar-refractivity contribution >= 4 is 5.97 Å². The van der Waals surface area contributed by atoms with Crippen molar-refractivity contribution in [3.8, 4) is 0 Å². The van der Waals surface area contributed by atoms with Gasteiger partial charge in [-0.25, -0.2) is 0 Å². The molecule has 4 N–H and O–H groups in total. The summed E-state index contributed by atoms with van der Waals surface area (Å²) in [5.41, 5.74) is 0. The normalized spacial score (nSPS) is 20.1. The molecule has 0 radical (unpaired) electrons. The van der Waals surface area contributed by atoms with Crippen LogP contribution < -0.4 is 0 Å². The van der Waals surface area contributed by atoms with Gasteiger partial charge in [-0.1, -0.05) is 209 Å². The van der Waals surface area contributed by atoms with Gasteiger partial charge in [-0.15, -0.1) is 0 Å². The highest BCUT2D eigenvalue weighted by Crippen LogP contribution is 2.23. The Morgan fingerprint density at radius 1 is 0.524 bits per heavy atom. The summed E-state index contributed by atoms with van der Waals surface area (Å²) in [6.45, 7) is 4.41. The molecule has 6 atom stereocenters. The number of rotatable bonds is 44. The van der Waals surface area contributed by atoms with E-state index in [2.05, 4.69) is 74.6 Å².